The predicted molar refractivity (Wildman–Crippen MR) is 112 cm³/mol. The number of likely N-dealkylation sites (tertiary alicyclic amines) is 1. The van der Waals surface area contributed by atoms with Gasteiger partial charge in [-0.15, -0.1) is 0 Å². The fourth-order valence-corrected chi connectivity index (χ4v) is 5.90. The summed E-state index contributed by atoms with van der Waals surface area (Å²) in [5.74, 6) is 0.108. The highest BCUT2D eigenvalue weighted by Gasteiger charge is 2.67. The van der Waals surface area contributed by atoms with Crippen LogP contribution in [0.4, 0.5) is 0 Å². The maximum Gasteiger partial charge on any atom is 0.230 e. The predicted octanol–water partition coefficient (Wildman–Crippen LogP) is 2.39. The molecule has 6 nitrogen and oxygen atoms in total. The van der Waals surface area contributed by atoms with Gasteiger partial charge in [-0.2, -0.15) is 0 Å². The van der Waals surface area contributed by atoms with Crippen LogP contribution in [0.25, 0.3) is 0 Å². The molecule has 2 amide bonds. The second-order valence-corrected chi connectivity index (χ2v) is 9.15. The molecule has 1 aromatic rings. The van der Waals surface area contributed by atoms with E-state index in [4.69, 9.17) is 9.47 Å². The van der Waals surface area contributed by atoms with Crippen LogP contribution in [0.5, 0.6) is 5.75 Å². The molecule has 0 unspecified atom stereocenters. The molecule has 2 bridgehead atoms. The molecule has 3 aliphatic heterocycles. The van der Waals surface area contributed by atoms with E-state index < -0.39 is 11.5 Å². The first kappa shape index (κ1) is 19.6. The van der Waals surface area contributed by atoms with Crippen LogP contribution < -0.4 is 10.1 Å². The summed E-state index contributed by atoms with van der Waals surface area (Å²) < 4.78 is 11.5. The van der Waals surface area contributed by atoms with Crippen molar-refractivity contribution < 1.29 is 19.1 Å². The zero-order chi connectivity index (χ0) is 20.9. The highest BCUT2D eigenvalue weighted by atomic mass is 16.5. The molecule has 2 saturated heterocycles. The van der Waals surface area contributed by atoms with E-state index in [9.17, 15) is 9.59 Å². The minimum atomic E-state index is -0.598. The fraction of sp³-hybridized carbons (Fsp3) is 0.583. The number of benzene rings is 1. The molecular formula is C24H30N2O4. The Hall–Kier alpha value is -2.34. The quantitative estimate of drug-likeness (QED) is 0.732. The van der Waals surface area contributed by atoms with Gasteiger partial charge in [0.1, 0.15) is 11.4 Å². The van der Waals surface area contributed by atoms with E-state index in [0.29, 0.717) is 19.1 Å². The molecule has 1 aromatic carbocycles. The molecule has 3 heterocycles. The Kier molecular flexibility index (Phi) is 4.85. The number of hydrogen-bond acceptors (Lipinski definition) is 4. The van der Waals surface area contributed by atoms with Gasteiger partial charge in [0.2, 0.25) is 11.8 Å². The number of hydrogen-bond donors (Lipinski definition) is 1. The van der Waals surface area contributed by atoms with E-state index in [2.05, 4.69) is 11.4 Å². The number of aryl methyl sites for hydroxylation is 1. The van der Waals surface area contributed by atoms with Gasteiger partial charge in [-0.3, -0.25) is 9.59 Å². The van der Waals surface area contributed by atoms with Crippen molar-refractivity contribution in [2.24, 2.45) is 11.8 Å². The summed E-state index contributed by atoms with van der Waals surface area (Å²) in [5.41, 5.74) is 1.64. The van der Waals surface area contributed by atoms with Crippen molar-refractivity contribution >= 4 is 11.8 Å². The van der Waals surface area contributed by atoms with Gasteiger partial charge in [-0.1, -0.05) is 37.1 Å². The zero-order valence-electron chi connectivity index (χ0n) is 17.7. The van der Waals surface area contributed by atoms with Crippen LogP contribution in [0.1, 0.15) is 36.8 Å². The lowest BCUT2D eigenvalue weighted by molar-refractivity contribution is -0.138. The molecule has 5 rings (SSSR count). The standard InChI is InChI=1S/C24H30N2O4/c1-15-13-16(7-8-18(15)29-2)10-12-25-22(27)20-19-9-11-24(30-19)14-26(23(28)21(20)24)17-5-3-4-6-17/h7-9,11,13,17,19-21H,3-6,10,12,14H2,1-2H3,(H,25,27)/t19-,20+,21+,24+/m1/s1. The molecule has 6 heteroatoms. The Balaban J connectivity index is 1.24. The summed E-state index contributed by atoms with van der Waals surface area (Å²) in [7, 11) is 1.67. The Morgan fingerprint density at radius 3 is 2.87 bits per heavy atom. The highest BCUT2D eigenvalue weighted by molar-refractivity contribution is 5.93. The Morgan fingerprint density at radius 2 is 2.13 bits per heavy atom. The van der Waals surface area contributed by atoms with E-state index in [1.54, 1.807) is 7.11 Å². The molecular weight excluding hydrogens is 380 g/mol. The maximum absolute atomic E-state index is 13.3. The van der Waals surface area contributed by atoms with Crippen LogP contribution in [0.15, 0.2) is 30.4 Å². The first-order chi connectivity index (χ1) is 14.5. The van der Waals surface area contributed by atoms with Crippen LogP contribution >= 0.6 is 0 Å². The number of amides is 2. The third kappa shape index (κ3) is 3.04. The molecule has 1 aliphatic carbocycles. The summed E-state index contributed by atoms with van der Waals surface area (Å²) in [6.45, 7) is 3.15. The van der Waals surface area contributed by atoms with Crippen molar-refractivity contribution in [2.75, 3.05) is 20.2 Å². The number of ether oxygens (including phenoxy) is 2. The van der Waals surface area contributed by atoms with E-state index in [0.717, 1.165) is 36.1 Å². The van der Waals surface area contributed by atoms with Crippen LogP contribution in [-0.4, -0.2) is 54.7 Å². The lowest BCUT2D eigenvalue weighted by Gasteiger charge is -2.27. The fourth-order valence-electron chi connectivity index (χ4n) is 5.90. The minimum absolute atomic E-state index is 0.0666. The number of rotatable bonds is 6. The van der Waals surface area contributed by atoms with Crippen molar-refractivity contribution in [1.29, 1.82) is 0 Å². The van der Waals surface area contributed by atoms with Gasteiger partial charge in [0.25, 0.3) is 0 Å². The zero-order valence-corrected chi connectivity index (χ0v) is 17.7. The van der Waals surface area contributed by atoms with E-state index in [1.165, 1.54) is 12.8 Å². The Bertz CT molecular complexity index is 891. The topological polar surface area (TPSA) is 67.9 Å². The van der Waals surface area contributed by atoms with E-state index >= 15 is 0 Å². The van der Waals surface area contributed by atoms with Crippen LogP contribution in [-0.2, 0) is 20.7 Å². The summed E-state index contributed by atoms with van der Waals surface area (Å²) in [6, 6.07) is 6.38. The molecule has 1 saturated carbocycles. The molecule has 1 spiro atoms. The lowest BCUT2D eigenvalue weighted by Crippen LogP contribution is -2.45. The summed E-state index contributed by atoms with van der Waals surface area (Å²) in [4.78, 5) is 28.4. The number of nitrogens with zero attached hydrogens (tertiary/aromatic N) is 1. The molecule has 0 aromatic heterocycles. The second-order valence-electron chi connectivity index (χ2n) is 9.15. The summed E-state index contributed by atoms with van der Waals surface area (Å²) >= 11 is 0. The van der Waals surface area contributed by atoms with Gasteiger partial charge in [-0.25, -0.2) is 0 Å². The normalized spacial score (nSPS) is 32.1. The minimum Gasteiger partial charge on any atom is -0.496 e. The first-order valence-corrected chi connectivity index (χ1v) is 11.1. The number of fused-ring (bicyclic) bond motifs is 1. The van der Waals surface area contributed by atoms with Crippen molar-refractivity contribution in [3.05, 3.63) is 41.5 Å². The monoisotopic (exact) mass is 410 g/mol. The average Bonchev–Trinajstić information content (AvgIpc) is 3.50. The SMILES string of the molecule is COc1ccc(CCNC(=O)[C@@H]2[C@H]3C(=O)N(C4CCCC4)C[C@@]34C=C[C@H]2O4)cc1C. The van der Waals surface area contributed by atoms with Crippen molar-refractivity contribution in [2.45, 2.75) is 56.8 Å². The van der Waals surface area contributed by atoms with Gasteiger partial charge in [0.05, 0.1) is 31.6 Å². The number of carbonyl (C=O) groups excluding carboxylic acids is 2. The molecule has 0 radical (unpaired) electrons. The third-order valence-electron chi connectivity index (χ3n) is 7.37. The van der Waals surface area contributed by atoms with Gasteiger partial charge in [-0.05, 0) is 43.4 Å². The number of carbonyl (C=O) groups is 2. The third-order valence-corrected chi connectivity index (χ3v) is 7.37. The first-order valence-electron chi connectivity index (χ1n) is 11.1. The smallest absolute Gasteiger partial charge is 0.230 e. The molecule has 4 aliphatic rings. The lowest BCUT2D eigenvalue weighted by atomic mass is 9.77. The average molecular weight is 411 g/mol. The maximum atomic E-state index is 13.3. The van der Waals surface area contributed by atoms with E-state index in [-0.39, 0.29) is 23.8 Å². The summed E-state index contributed by atoms with van der Waals surface area (Å²) in [6.07, 6.45) is 8.98. The molecule has 1 N–H and O–H groups in total. The highest BCUT2D eigenvalue weighted by Crippen LogP contribution is 2.52. The van der Waals surface area contributed by atoms with Crippen molar-refractivity contribution in [3.63, 3.8) is 0 Å². The molecule has 160 valence electrons. The molecule has 30 heavy (non-hydrogen) atoms. The second kappa shape index (κ2) is 7.41. The van der Waals surface area contributed by atoms with E-state index in [1.807, 2.05) is 36.1 Å². The number of methoxy groups -OCH3 is 1. The van der Waals surface area contributed by atoms with Crippen molar-refractivity contribution in [1.82, 2.24) is 10.2 Å². The van der Waals surface area contributed by atoms with Crippen LogP contribution in [0, 0.1) is 18.8 Å². The molecule has 3 fully saturated rings. The van der Waals surface area contributed by atoms with Gasteiger partial charge in [0, 0.05) is 12.6 Å². The Labute approximate surface area is 177 Å². The largest absolute Gasteiger partial charge is 0.496 e. The van der Waals surface area contributed by atoms with Gasteiger partial charge in [0.15, 0.2) is 0 Å². The summed E-state index contributed by atoms with van der Waals surface area (Å²) in [5, 5.41) is 3.07. The van der Waals surface area contributed by atoms with Gasteiger partial charge < -0.3 is 19.7 Å². The Morgan fingerprint density at radius 1 is 1.33 bits per heavy atom. The van der Waals surface area contributed by atoms with Crippen molar-refractivity contribution in [3.8, 4) is 5.75 Å². The molecule has 4 atom stereocenters. The van der Waals surface area contributed by atoms with Crippen LogP contribution in [0.3, 0.4) is 0 Å². The number of nitrogens with one attached hydrogen (secondary N) is 1. The van der Waals surface area contributed by atoms with Gasteiger partial charge >= 0.3 is 0 Å². The van der Waals surface area contributed by atoms with Crippen LogP contribution in [0.2, 0.25) is 0 Å².